The molecule has 1 fully saturated rings. The van der Waals surface area contributed by atoms with Gasteiger partial charge in [0.1, 0.15) is 5.75 Å². The first-order valence-electron chi connectivity index (χ1n) is 7.30. The fourth-order valence-corrected chi connectivity index (χ4v) is 2.72. The molecule has 0 spiro atoms. The summed E-state index contributed by atoms with van der Waals surface area (Å²) in [6, 6.07) is 6.53. The average Bonchev–Trinajstić information content (AvgIpc) is 2.45. The quantitative estimate of drug-likeness (QED) is 0.903. The van der Waals surface area contributed by atoms with Gasteiger partial charge in [-0.2, -0.15) is 0 Å². The summed E-state index contributed by atoms with van der Waals surface area (Å²) in [7, 11) is 0. The van der Waals surface area contributed by atoms with Crippen molar-refractivity contribution in [2.24, 2.45) is 0 Å². The molecule has 0 aromatic heterocycles. The second kappa shape index (κ2) is 7.13. The Morgan fingerprint density at radius 2 is 1.81 bits per heavy atom. The molecule has 1 aliphatic heterocycles. The fourth-order valence-electron chi connectivity index (χ4n) is 2.72. The van der Waals surface area contributed by atoms with E-state index >= 15 is 0 Å². The van der Waals surface area contributed by atoms with Crippen LogP contribution in [0.15, 0.2) is 24.3 Å². The minimum absolute atomic E-state index is 0.165. The number of nitrogens with zero attached hydrogens (tertiary/aromatic N) is 1. The summed E-state index contributed by atoms with van der Waals surface area (Å²) >= 11 is 0. The highest BCUT2D eigenvalue weighted by molar-refractivity contribution is 5.29. The predicted molar refractivity (Wildman–Crippen MR) is 75.2 cm³/mol. The number of alkyl halides is 3. The highest BCUT2D eigenvalue weighted by atomic mass is 19.4. The maximum atomic E-state index is 12.2. The third-order valence-electron chi connectivity index (χ3n) is 3.65. The largest absolute Gasteiger partial charge is 0.573 e. The molecule has 0 amide bonds. The van der Waals surface area contributed by atoms with Crippen molar-refractivity contribution in [3.63, 3.8) is 0 Å². The number of piperazine rings is 1. The summed E-state index contributed by atoms with van der Waals surface area (Å²) in [6.07, 6.45) is -2.60. The molecular formula is C15H21F3N2O. The van der Waals surface area contributed by atoms with Crippen molar-refractivity contribution >= 4 is 0 Å². The zero-order valence-electron chi connectivity index (χ0n) is 12.1. The molecule has 21 heavy (non-hydrogen) atoms. The number of rotatable bonds is 5. The van der Waals surface area contributed by atoms with Crippen molar-refractivity contribution < 1.29 is 17.9 Å². The van der Waals surface area contributed by atoms with E-state index in [4.69, 9.17) is 0 Å². The van der Waals surface area contributed by atoms with Gasteiger partial charge in [0.2, 0.25) is 0 Å². The van der Waals surface area contributed by atoms with Gasteiger partial charge in [0.15, 0.2) is 0 Å². The zero-order chi connectivity index (χ0) is 15.3. The van der Waals surface area contributed by atoms with Crippen LogP contribution in [0.2, 0.25) is 0 Å². The van der Waals surface area contributed by atoms with Gasteiger partial charge in [0, 0.05) is 32.2 Å². The summed E-state index contributed by atoms with van der Waals surface area (Å²) in [5, 5.41) is 3.31. The Morgan fingerprint density at radius 1 is 1.19 bits per heavy atom. The minimum Gasteiger partial charge on any atom is -0.406 e. The van der Waals surface area contributed by atoms with Crippen molar-refractivity contribution in [3.05, 3.63) is 29.8 Å². The summed E-state index contributed by atoms with van der Waals surface area (Å²) in [6.45, 7) is 5.96. The van der Waals surface area contributed by atoms with Crippen LogP contribution in [0.3, 0.4) is 0 Å². The number of hydrogen-bond acceptors (Lipinski definition) is 3. The first-order chi connectivity index (χ1) is 9.99. The highest BCUT2D eigenvalue weighted by Gasteiger charge is 2.31. The molecule has 0 unspecified atom stereocenters. The van der Waals surface area contributed by atoms with Crippen molar-refractivity contribution in [3.8, 4) is 5.75 Å². The van der Waals surface area contributed by atoms with Crippen LogP contribution in [0, 0.1) is 0 Å². The van der Waals surface area contributed by atoms with Crippen molar-refractivity contribution in [1.29, 1.82) is 0 Å². The van der Waals surface area contributed by atoms with E-state index in [0.717, 1.165) is 44.6 Å². The maximum Gasteiger partial charge on any atom is 0.573 e. The van der Waals surface area contributed by atoms with Crippen LogP contribution in [0.5, 0.6) is 5.75 Å². The Balaban J connectivity index is 2.09. The Labute approximate surface area is 123 Å². The van der Waals surface area contributed by atoms with Crippen LogP contribution in [0.4, 0.5) is 13.2 Å². The van der Waals surface area contributed by atoms with Crippen molar-refractivity contribution in [1.82, 2.24) is 10.2 Å². The molecule has 1 saturated heterocycles. The first-order valence-corrected chi connectivity index (χ1v) is 7.30. The molecule has 3 nitrogen and oxygen atoms in total. The van der Waals surface area contributed by atoms with Gasteiger partial charge in [-0.15, -0.1) is 13.2 Å². The maximum absolute atomic E-state index is 12.2. The van der Waals surface area contributed by atoms with Crippen LogP contribution >= 0.6 is 0 Å². The Bertz CT molecular complexity index is 428. The molecule has 118 valence electrons. The number of ether oxygens (including phenoxy) is 1. The molecule has 1 heterocycles. The molecule has 1 aliphatic rings. The molecule has 1 N–H and O–H groups in total. The topological polar surface area (TPSA) is 24.5 Å². The average molecular weight is 302 g/mol. The van der Waals surface area contributed by atoms with E-state index in [0.29, 0.717) is 0 Å². The molecule has 0 radical (unpaired) electrons. The molecule has 2 rings (SSSR count). The summed E-state index contributed by atoms with van der Waals surface area (Å²) < 4.78 is 40.4. The van der Waals surface area contributed by atoms with Crippen LogP contribution in [-0.2, 0) is 0 Å². The second-order valence-corrected chi connectivity index (χ2v) is 5.21. The summed E-state index contributed by atoms with van der Waals surface area (Å²) in [5.74, 6) is -0.165. The third kappa shape index (κ3) is 4.89. The molecule has 1 aromatic carbocycles. The summed E-state index contributed by atoms with van der Waals surface area (Å²) in [5.41, 5.74) is 1.05. The van der Waals surface area contributed by atoms with E-state index in [-0.39, 0.29) is 11.8 Å². The molecule has 0 aliphatic carbocycles. The highest BCUT2D eigenvalue weighted by Crippen LogP contribution is 2.29. The van der Waals surface area contributed by atoms with Crippen LogP contribution in [0.25, 0.3) is 0 Å². The van der Waals surface area contributed by atoms with Gasteiger partial charge in [-0.1, -0.05) is 25.5 Å². The smallest absolute Gasteiger partial charge is 0.406 e. The van der Waals surface area contributed by atoms with Crippen LogP contribution in [0.1, 0.15) is 31.4 Å². The van der Waals surface area contributed by atoms with Crippen LogP contribution in [-0.4, -0.2) is 37.4 Å². The summed E-state index contributed by atoms with van der Waals surface area (Å²) in [4.78, 5) is 2.39. The van der Waals surface area contributed by atoms with Gasteiger partial charge in [0.05, 0.1) is 0 Å². The van der Waals surface area contributed by atoms with Gasteiger partial charge in [-0.3, -0.25) is 4.90 Å². The number of nitrogens with one attached hydrogen (secondary N) is 1. The molecule has 1 atom stereocenters. The Kier molecular flexibility index (Phi) is 5.47. The Morgan fingerprint density at radius 3 is 2.33 bits per heavy atom. The van der Waals surface area contributed by atoms with Gasteiger partial charge < -0.3 is 10.1 Å². The van der Waals surface area contributed by atoms with Gasteiger partial charge in [-0.25, -0.2) is 0 Å². The lowest BCUT2D eigenvalue weighted by Crippen LogP contribution is -2.45. The van der Waals surface area contributed by atoms with E-state index in [9.17, 15) is 13.2 Å². The van der Waals surface area contributed by atoms with Crippen LogP contribution < -0.4 is 10.1 Å². The fraction of sp³-hybridized carbons (Fsp3) is 0.600. The third-order valence-corrected chi connectivity index (χ3v) is 3.65. The van der Waals surface area contributed by atoms with Gasteiger partial charge in [-0.05, 0) is 24.1 Å². The van der Waals surface area contributed by atoms with E-state index in [2.05, 4.69) is 21.9 Å². The monoisotopic (exact) mass is 302 g/mol. The minimum atomic E-state index is -4.64. The lowest BCUT2D eigenvalue weighted by Gasteiger charge is -2.35. The lowest BCUT2D eigenvalue weighted by atomic mass is 10.00. The first kappa shape index (κ1) is 16.1. The number of benzene rings is 1. The second-order valence-electron chi connectivity index (χ2n) is 5.21. The van der Waals surface area contributed by atoms with E-state index in [1.165, 1.54) is 12.1 Å². The predicted octanol–water partition coefficient (Wildman–Crippen LogP) is 3.33. The SMILES string of the molecule is CCC[C@H](c1ccc(OC(F)(F)F)cc1)N1CCNCC1. The number of halogens is 3. The molecule has 0 bridgehead atoms. The zero-order valence-corrected chi connectivity index (χ0v) is 12.1. The normalized spacial score (nSPS) is 18.5. The molecule has 1 aromatic rings. The molecule has 0 saturated carbocycles. The molecule has 6 heteroatoms. The van der Waals surface area contributed by atoms with Gasteiger partial charge in [0.25, 0.3) is 0 Å². The molecular weight excluding hydrogens is 281 g/mol. The Hall–Kier alpha value is -1.27. The van der Waals surface area contributed by atoms with E-state index in [1.807, 2.05) is 0 Å². The van der Waals surface area contributed by atoms with Crippen molar-refractivity contribution in [2.75, 3.05) is 26.2 Å². The van der Waals surface area contributed by atoms with E-state index in [1.54, 1.807) is 12.1 Å². The lowest BCUT2D eigenvalue weighted by molar-refractivity contribution is -0.274. The van der Waals surface area contributed by atoms with Crippen molar-refractivity contribution in [2.45, 2.75) is 32.2 Å². The van der Waals surface area contributed by atoms with E-state index < -0.39 is 6.36 Å². The van der Waals surface area contributed by atoms with Gasteiger partial charge >= 0.3 is 6.36 Å². The standard InChI is InChI=1S/C15H21F3N2O/c1-2-3-14(20-10-8-19-9-11-20)12-4-6-13(7-5-12)21-15(16,17)18/h4-7,14,19H,2-3,8-11H2,1H3/t14-/m1/s1. The number of hydrogen-bond donors (Lipinski definition) is 1.